The van der Waals surface area contributed by atoms with Crippen LogP contribution in [0.25, 0.3) is 6.08 Å². The number of hydrogen-bond donors (Lipinski definition) is 1. The summed E-state index contributed by atoms with van der Waals surface area (Å²) in [6.45, 7) is 7.80. The Kier molecular flexibility index (Phi) is 9.13. The van der Waals surface area contributed by atoms with Crippen molar-refractivity contribution < 1.29 is 19.1 Å². The molecule has 1 amide bonds. The molecule has 142 valence electrons. The van der Waals surface area contributed by atoms with E-state index in [9.17, 15) is 14.4 Å². The third-order valence-corrected chi connectivity index (χ3v) is 4.65. The smallest absolute Gasteiger partial charge is 0.307 e. The molecule has 0 heterocycles. The van der Waals surface area contributed by atoms with Crippen LogP contribution >= 0.6 is 11.8 Å². The summed E-state index contributed by atoms with van der Waals surface area (Å²) >= 11 is 1.13. The van der Waals surface area contributed by atoms with Crippen LogP contribution in [0, 0.1) is 5.41 Å². The molecule has 0 aliphatic heterocycles. The monoisotopic (exact) mass is 377 g/mol. The van der Waals surface area contributed by atoms with Gasteiger partial charge in [-0.1, -0.05) is 62.9 Å². The number of amides is 1. The maximum atomic E-state index is 12.5. The quantitative estimate of drug-likeness (QED) is 0.555. The molecule has 0 spiro atoms. The minimum absolute atomic E-state index is 0.0239. The minimum atomic E-state index is -0.469. The average molecular weight is 378 g/mol. The number of benzene rings is 1. The Bertz CT molecular complexity index is 648. The first-order chi connectivity index (χ1) is 12.2. The van der Waals surface area contributed by atoms with Gasteiger partial charge in [0, 0.05) is 23.3 Å². The fraction of sp³-hybridized carbons (Fsp3) is 0.450. The Morgan fingerprint density at radius 2 is 1.81 bits per heavy atom. The van der Waals surface area contributed by atoms with Crippen molar-refractivity contribution in [2.75, 3.05) is 18.9 Å². The van der Waals surface area contributed by atoms with Gasteiger partial charge in [-0.2, -0.15) is 0 Å². The molecule has 0 saturated carbocycles. The van der Waals surface area contributed by atoms with Gasteiger partial charge in [-0.3, -0.25) is 14.4 Å². The molecule has 0 bridgehead atoms. The zero-order valence-corrected chi connectivity index (χ0v) is 16.7. The van der Waals surface area contributed by atoms with Gasteiger partial charge in [0.1, 0.15) is 0 Å². The second kappa shape index (κ2) is 10.8. The predicted octanol–water partition coefficient (Wildman–Crippen LogP) is 3.45. The van der Waals surface area contributed by atoms with E-state index >= 15 is 0 Å². The summed E-state index contributed by atoms with van der Waals surface area (Å²) in [5, 5.41) is 2.75. The first-order valence-corrected chi connectivity index (χ1v) is 9.59. The molecule has 5 nitrogen and oxygen atoms in total. The Balaban J connectivity index is 2.77. The van der Waals surface area contributed by atoms with Gasteiger partial charge >= 0.3 is 5.97 Å². The third kappa shape index (κ3) is 8.34. The number of hydrogen-bond acceptors (Lipinski definition) is 5. The molecular weight excluding hydrogens is 350 g/mol. The van der Waals surface area contributed by atoms with Crippen molar-refractivity contribution in [2.24, 2.45) is 5.41 Å². The molecule has 1 rings (SSSR count). The minimum Gasteiger partial charge on any atom is -0.466 e. The van der Waals surface area contributed by atoms with Crippen molar-refractivity contribution in [3.8, 4) is 0 Å². The summed E-state index contributed by atoms with van der Waals surface area (Å²) in [5.74, 6) is -0.359. The van der Waals surface area contributed by atoms with E-state index in [1.807, 2.05) is 51.1 Å². The lowest BCUT2D eigenvalue weighted by atomic mass is 10.00. The van der Waals surface area contributed by atoms with Crippen molar-refractivity contribution in [2.45, 2.75) is 34.1 Å². The van der Waals surface area contributed by atoms with Crippen LogP contribution in [-0.4, -0.2) is 35.9 Å². The summed E-state index contributed by atoms with van der Waals surface area (Å²) in [5.41, 5.74) is 0.901. The molecule has 0 unspecified atom stereocenters. The Morgan fingerprint density at radius 1 is 1.15 bits per heavy atom. The van der Waals surface area contributed by atoms with Crippen molar-refractivity contribution in [1.29, 1.82) is 0 Å². The lowest BCUT2D eigenvalue weighted by Crippen LogP contribution is -2.29. The zero-order valence-electron chi connectivity index (χ0n) is 15.8. The van der Waals surface area contributed by atoms with Gasteiger partial charge in [0.15, 0.2) is 5.12 Å². The number of ether oxygens (including phenoxy) is 1. The van der Waals surface area contributed by atoms with Gasteiger partial charge in [-0.05, 0) is 18.6 Å². The molecule has 6 heteroatoms. The highest BCUT2D eigenvalue weighted by Gasteiger charge is 2.23. The summed E-state index contributed by atoms with van der Waals surface area (Å²) in [6.07, 6.45) is 1.88. The lowest BCUT2D eigenvalue weighted by Gasteiger charge is -2.16. The molecular formula is C20H27NO4S. The van der Waals surface area contributed by atoms with Crippen molar-refractivity contribution in [3.05, 3.63) is 41.5 Å². The van der Waals surface area contributed by atoms with Crippen molar-refractivity contribution in [1.82, 2.24) is 5.32 Å². The van der Waals surface area contributed by atoms with E-state index < -0.39 is 5.41 Å². The van der Waals surface area contributed by atoms with Crippen LogP contribution in [0.2, 0.25) is 0 Å². The van der Waals surface area contributed by atoms with E-state index in [4.69, 9.17) is 4.74 Å². The number of thioether (sulfide) groups is 1. The summed E-state index contributed by atoms with van der Waals surface area (Å²) in [7, 11) is 0. The molecule has 1 N–H and O–H groups in total. The van der Waals surface area contributed by atoms with Crippen LogP contribution in [0.15, 0.2) is 35.9 Å². The fourth-order valence-corrected chi connectivity index (χ4v) is 2.84. The maximum Gasteiger partial charge on any atom is 0.307 e. The maximum absolute atomic E-state index is 12.5. The molecule has 0 aromatic heterocycles. The lowest BCUT2D eigenvalue weighted by molar-refractivity contribution is -0.143. The highest BCUT2D eigenvalue weighted by molar-refractivity contribution is 8.13. The molecule has 0 aliphatic rings. The van der Waals surface area contributed by atoms with Crippen molar-refractivity contribution in [3.63, 3.8) is 0 Å². The van der Waals surface area contributed by atoms with E-state index in [1.54, 1.807) is 13.0 Å². The van der Waals surface area contributed by atoms with Gasteiger partial charge in [0.2, 0.25) is 5.91 Å². The second-order valence-corrected chi connectivity index (χ2v) is 7.67. The number of carbonyl (C=O) groups is 3. The predicted molar refractivity (Wildman–Crippen MR) is 106 cm³/mol. The van der Waals surface area contributed by atoms with Crippen LogP contribution in [0.3, 0.4) is 0 Å². The van der Waals surface area contributed by atoms with E-state index in [1.165, 1.54) is 0 Å². The second-order valence-electron chi connectivity index (χ2n) is 6.72. The van der Waals surface area contributed by atoms with Gasteiger partial charge < -0.3 is 10.1 Å². The first-order valence-electron chi connectivity index (χ1n) is 8.60. The third-order valence-electron chi connectivity index (χ3n) is 3.32. The van der Waals surface area contributed by atoms with E-state index in [0.29, 0.717) is 12.2 Å². The van der Waals surface area contributed by atoms with Gasteiger partial charge in [0.25, 0.3) is 0 Å². The SMILES string of the molecule is CCOC(=O)CCNC(=O)/C(=C\c1ccccc1)CSC(=O)C(C)(C)C. The number of carbonyl (C=O) groups excluding carboxylic acids is 3. The Hall–Kier alpha value is -2.08. The van der Waals surface area contributed by atoms with Crippen LogP contribution in [-0.2, 0) is 19.1 Å². The van der Waals surface area contributed by atoms with Crippen LogP contribution in [0.4, 0.5) is 0 Å². The molecule has 26 heavy (non-hydrogen) atoms. The first kappa shape index (κ1) is 22.0. The highest BCUT2D eigenvalue weighted by Crippen LogP contribution is 2.25. The van der Waals surface area contributed by atoms with Crippen LogP contribution in [0.1, 0.15) is 39.7 Å². The molecule has 1 aromatic rings. The van der Waals surface area contributed by atoms with E-state index in [0.717, 1.165) is 17.3 Å². The largest absolute Gasteiger partial charge is 0.466 e. The molecule has 0 atom stereocenters. The summed E-state index contributed by atoms with van der Waals surface area (Å²) in [6, 6.07) is 9.45. The van der Waals surface area contributed by atoms with E-state index in [-0.39, 0.29) is 35.7 Å². The van der Waals surface area contributed by atoms with Crippen LogP contribution in [0.5, 0.6) is 0 Å². The van der Waals surface area contributed by atoms with Crippen molar-refractivity contribution >= 4 is 34.8 Å². The molecule has 0 aliphatic carbocycles. The molecule has 1 aromatic carbocycles. The molecule has 0 radical (unpaired) electrons. The highest BCUT2D eigenvalue weighted by atomic mass is 32.2. The molecule has 0 saturated heterocycles. The number of rotatable bonds is 8. The standard InChI is InChI=1S/C20H27NO4S/c1-5-25-17(22)11-12-21-18(23)16(13-15-9-7-6-8-10-15)14-26-19(24)20(2,3)4/h6-10,13H,5,11-12,14H2,1-4H3,(H,21,23)/b16-13-. The summed E-state index contributed by atoms with van der Waals surface area (Å²) < 4.78 is 4.84. The number of nitrogens with one attached hydrogen (secondary N) is 1. The zero-order chi connectivity index (χ0) is 19.6. The van der Waals surface area contributed by atoms with E-state index in [2.05, 4.69) is 5.32 Å². The van der Waals surface area contributed by atoms with Gasteiger partial charge in [-0.25, -0.2) is 0 Å². The molecule has 0 fully saturated rings. The van der Waals surface area contributed by atoms with Gasteiger partial charge in [0.05, 0.1) is 13.0 Å². The Morgan fingerprint density at radius 3 is 2.38 bits per heavy atom. The van der Waals surface area contributed by atoms with Gasteiger partial charge in [-0.15, -0.1) is 0 Å². The topological polar surface area (TPSA) is 72.5 Å². The number of esters is 1. The fourth-order valence-electron chi connectivity index (χ4n) is 1.91. The normalized spacial score (nSPS) is 11.8. The average Bonchev–Trinajstić information content (AvgIpc) is 2.58. The van der Waals surface area contributed by atoms with Crippen LogP contribution < -0.4 is 5.32 Å². The Labute approximate surface area is 159 Å². The summed E-state index contributed by atoms with van der Waals surface area (Å²) in [4.78, 5) is 36.0.